The first kappa shape index (κ1) is 28.4. The van der Waals surface area contributed by atoms with Crippen LogP contribution < -0.4 is 5.32 Å². The largest absolute Gasteiger partial charge is 0.419 e. The molecule has 2 aromatic carbocycles. The van der Waals surface area contributed by atoms with Gasteiger partial charge in [-0.25, -0.2) is 9.18 Å². The van der Waals surface area contributed by atoms with Crippen molar-refractivity contribution in [1.29, 1.82) is 5.26 Å². The van der Waals surface area contributed by atoms with Crippen LogP contribution in [0.3, 0.4) is 0 Å². The van der Waals surface area contributed by atoms with Gasteiger partial charge in [0.25, 0.3) is 0 Å². The van der Waals surface area contributed by atoms with Crippen molar-refractivity contribution in [2.45, 2.75) is 69.5 Å². The Bertz CT molecular complexity index is 1270. The third-order valence-electron chi connectivity index (χ3n) is 9.39. The topological polar surface area (TPSA) is 59.4 Å². The summed E-state index contributed by atoms with van der Waals surface area (Å²) >= 11 is 0. The number of amides is 2. The number of nitrogens with zero attached hydrogens (tertiary/aromatic N) is 3. The van der Waals surface area contributed by atoms with E-state index in [1.165, 1.54) is 25.3 Å². The van der Waals surface area contributed by atoms with Crippen molar-refractivity contribution in [3.63, 3.8) is 0 Å². The van der Waals surface area contributed by atoms with Gasteiger partial charge in [0, 0.05) is 23.7 Å². The van der Waals surface area contributed by atoms with Crippen LogP contribution in [0.25, 0.3) is 0 Å². The number of fused-ring (bicyclic) bond motifs is 1. The summed E-state index contributed by atoms with van der Waals surface area (Å²) in [5.41, 5.74) is 0.143. The normalized spacial score (nSPS) is 26.1. The van der Waals surface area contributed by atoms with Crippen molar-refractivity contribution < 1.29 is 22.4 Å². The molecule has 0 bridgehead atoms. The van der Waals surface area contributed by atoms with Gasteiger partial charge in [0.15, 0.2) is 0 Å². The fourth-order valence-corrected chi connectivity index (χ4v) is 7.36. The van der Waals surface area contributed by atoms with Crippen LogP contribution in [0.1, 0.15) is 68.6 Å². The molecule has 3 fully saturated rings. The number of benzene rings is 2. The predicted molar refractivity (Wildman–Crippen MR) is 145 cm³/mol. The number of carbonyl (C=O) groups excluding carboxylic acids is 1. The number of urea groups is 1. The summed E-state index contributed by atoms with van der Waals surface area (Å²) in [6.07, 6.45) is 2.21. The molecule has 5 nitrogen and oxygen atoms in total. The number of unbranched alkanes of at least 4 members (excludes halogenated alkanes) is 1. The fraction of sp³-hybridized carbons (Fsp3) is 0.548. The lowest BCUT2D eigenvalue weighted by Crippen LogP contribution is -2.44. The van der Waals surface area contributed by atoms with Gasteiger partial charge in [-0.3, -0.25) is 0 Å². The van der Waals surface area contributed by atoms with Crippen LogP contribution >= 0.6 is 0 Å². The van der Waals surface area contributed by atoms with Crippen LogP contribution in [0.15, 0.2) is 42.5 Å². The van der Waals surface area contributed by atoms with Gasteiger partial charge < -0.3 is 15.1 Å². The molecule has 5 rings (SSSR count). The molecule has 2 amide bonds. The maximum Gasteiger partial charge on any atom is 0.419 e. The van der Waals surface area contributed by atoms with Crippen molar-refractivity contribution in [2.75, 3.05) is 31.5 Å². The van der Waals surface area contributed by atoms with Gasteiger partial charge in [0.1, 0.15) is 5.82 Å². The quantitative estimate of drug-likeness (QED) is 0.277. The fourth-order valence-electron chi connectivity index (χ4n) is 7.36. The van der Waals surface area contributed by atoms with E-state index in [4.69, 9.17) is 0 Å². The maximum absolute atomic E-state index is 13.9. The van der Waals surface area contributed by atoms with E-state index in [0.29, 0.717) is 24.1 Å². The molecule has 9 heteroatoms. The lowest BCUT2D eigenvalue weighted by Gasteiger charge is -2.32. The standard InChI is InChI=1S/C31H36F4N4O/c1-21-28-27(12-13-30(21,28)23-9-7-8-22(18-23)20-36)39(17-6-5-16-38-14-3-2-4-15-38)29(40)37-24-10-11-26(32)25(19-24)31(33,34)35/h7-11,18-19,21,27-28H,2-6,12-17H2,1H3,(H,37,40)/t21-,27-,28-,30-/m1/s1. The van der Waals surface area contributed by atoms with Gasteiger partial charge in [-0.1, -0.05) is 25.5 Å². The molecule has 4 atom stereocenters. The van der Waals surface area contributed by atoms with Crippen LogP contribution in [0.4, 0.5) is 28.0 Å². The summed E-state index contributed by atoms with van der Waals surface area (Å²) in [4.78, 5) is 17.9. The summed E-state index contributed by atoms with van der Waals surface area (Å²) in [6.45, 7) is 5.84. The first-order valence-corrected chi connectivity index (χ1v) is 14.3. The Balaban J connectivity index is 1.34. The molecule has 214 valence electrons. The first-order valence-electron chi connectivity index (χ1n) is 14.3. The summed E-state index contributed by atoms with van der Waals surface area (Å²) in [5, 5.41) is 12.1. The van der Waals surface area contributed by atoms with Gasteiger partial charge in [-0.15, -0.1) is 0 Å². The minimum Gasteiger partial charge on any atom is -0.321 e. The zero-order valence-electron chi connectivity index (χ0n) is 22.8. The molecule has 40 heavy (non-hydrogen) atoms. The van der Waals surface area contributed by atoms with Crippen LogP contribution in [0.5, 0.6) is 0 Å². The average Bonchev–Trinajstić information content (AvgIpc) is 3.32. The van der Waals surface area contributed by atoms with E-state index in [-0.39, 0.29) is 23.1 Å². The number of likely N-dealkylation sites (tertiary alicyclic amines) is 1. The highest BCUT2D eigenvalue weighted by Gasteiger charge is 2.69. The smallest absolute Gasteiger partial charge is 0.321 e. The van der Waals surface area contributed by atoms with Crippen LogP contribution in [0, 0.1) is 29.0 Å². The number of hydrogen-bond acceptors (Lipinski definition) is 3. The molecule has 0 aromatic heterocycles. The number of carbonyl (C=O) groups is 1. The molecule has 0 spiro atoms. The average molecular weight is 557 g/mol. The lowest BCUT2D eigenvalue weighted by atomic mass is 9.90. The molecule has 2 aliphatic carbocycles. The van der Waals surface area contributed by atoms with E-state index < -0.39 is 23.6 Å². The summed E-state index contributed by atoms with van der Waals surface area (Å²) in [6, 6.07) is 11.9. The highest BCUT2D eigenvalue weighted by Crippen LogP contribution is 2.69. The Morgan fingerprint density at radius 1 is 1.15 bits per heavy atom. The number of alkyl halides is 3. The molecule has 0 radical (unpaired) electrons. The highest BCUT2D eigenvalue weighted by atomic mass is 19.4. The van der Waals surface area contributed by atoms with Crippen molar-refractivity contribution in [1.82, 2.24) is 9.80 Å². The van der Waals surface area contributed by atoms with Crippen LogP contribution in [-0.2, 0) is 11.6 Å². The van der Waals surface area contributed by atoms with E-state index in [1.54, 1.807) is 11.0 Å². The van der Waals surface area contributed by atoms with Crippen molar-refractivity contribution >= 4 is 11.7 Å². The highest BCUT2D eigenvalue weighted by molar-refractivity contribution is 5.89. The lowest BCUT2D eigenvalue weighted by molar-refractivity contribution is -0.139. The van der Waals surface area contributed by atoms with E-state index in [9.17, 15) is 27.6 Å². The maximum atomic E-state index is 13.9. The Hall–Kier alpha value is -3.12. The zero-order chi connectivity index (χ0) is 28.5. The molecule has 3 aliphatic rings. The van der Waals surface area contributed by atoms with Gasteiger partial charge in [-0.2, -0.15) is 18.4 Å². The molecule has 1 N–H and O–H groups in total. The van der Waals surface area contributed by atoms with E-state index in [1.807, 2.05) is 12.1 Å². The number of hydrogen-bond donors (Lipinski definition) is 1. The SMILES string of the molecule is C[C@@H]1[C@@H]2[C@H](N(CCCCN3CCCCC3)C(=O)Nc3ccc(F)c(C(F)(F)F)c3)CC[C@@]21c1cccc(C#N)c1. The number of rotatable bonds is 8. The third-order valence-corrected chi connectivity index (χ3v) is 9.39. The Kier molecular flexibility index (Phi) is 8.10. The van der Waals surface area contributed by atoms with Crippen molar-refractivity contribution in [3.8, 4) is 6.07 Å². The van der Waals surface area contributed by atoms with Gasteiger partial charge >= 0.3 is 12.2 Å². The van der Waals surface area contributed by atoms with E-state index >= 15 is 0 Å². The minimum absolute atomic E-state index is 0.0711. The molecule has 1 heterocycles. The molecule has 2 aromatic rings. The number of anilines is 1. The van der Waals surface area contributed by atoms with Crippen LogP contribution in [0.2, 0.25) is 0 Å². The Morgan fingerprint density at radius 2 is 1.93 bits per heavy atom. The number of nitrogens with one attached hydrogen (secondary N) is 1. The first-order chi connectivity index (χ1) is 19.1. The van der Waals surface area contributed by atoms with E-state index in [0.717, 1.165) is 56.9 Å². The molecule has 0 unspecified atom stereocenters. The molecular weight excluding hydrogens is 520 g/mol. The summed E-state index contributed by atoms with van der Waals surface area (Å²) < 4.78 is 53.8. The Labute approximate surface area is 233 Å². The number of piperidine rings is 1. The molecule has 2 saturated carbocycles. The van der Waals surface area contributed by atoms with Crippen LogP contribution in [-0.4, -0.2) is 48.1 Å². The minimum atomic E-state index is -4.86. The number of halogens is 4. The zero-order valence-corrected chi connectivity index (χ0v) is 22.8. The van der Waals surface area contributed by atoms with Gasteiger partial charge in [-0.05, 0) is 106 Å². The molecule has 1 saturated heterocycles. The molecular formula is C31H36F4N4O. The third kappa shape index (κ3) is 5.56. The summed E-state index contributed by atoms with van der Waals surface area (Å²) in [5.74, 6) is -0.855. The molecule has 1 aliphatic heterocycles. The predicted octanol–water partition coefficient (Wildman–Crippen LogP) is 7.18. The van der Waals surface area contributed by atoms with E-state index in [2.05, 4.69) is 29.3 Å². The second-order valence-corrected chi connectivity index (χ2v) is 11.6. The van der Waals surface area contributed by atoms with Gasteiger partial charge in [0.2, 0.25) is 0 Å². The monoisotopic (exact) mass is 556 g/mol. The summed E-state index contributed by atoms with van der Waals surface area (Å²) in [7, 11) is 0. The van der Waals surface area contributed by atoms with Crippen molar-refractivity contribution in [2.24, 2.45) is 11.8 Å². The van der Waals surface area contributed by atoms with Crippen molar-refractivity contribution in [3.05, 3.63) is 65.0 Å². The second kappa shape index (κ2) is 11.4. The van der Waals surface area contributed by atoms with Gasteiger partial charge in [0.05, 0.1) is 17.2 Å². The second-order valence-electron chi connectivity index (χ2n) is 11.6. The number of nitriles is 1. The Morgan fingerprint density at radius 3 is 2.62 bits per heavy atom.